The molecule has 200 valence electrons. The summed E-state index contributed by atoms with van der Waals surface area (Å²) >= 11 is 0. The molecule has 1 unspecified atom stereocenters. The van der Waals surface area contributed by atoms with Crippen molar-refractivity contribution in [3.05, 3.63) is 60.3 Å². The number of carbonyl (C=O) groups excluding carboxylic acids is 1. The number of nitrogens with one attached hydrogen (secondary N) is 1. The summed E-state index contributed by atoms with van der Waals surface area (Å²) in [7, 11) is 3.16. The van der Waals surface area contributed by atoms with Gasteiger partial charge in [0.15, 0.2) is 6.23 Å². The SMILES string of the molecule is C=C(F)C(O)N1CC[C@H](N2Cc3cnc(Nc4cnn(CCO)c4)nc3N(C)C2=O)c2cccc(OC)c21. The molecule has 3 N–H and O–H groups in total. The monoisotopic (exact) mass is 524 g/mol. The maximum atomic E-state index is 13.9. The van der Waals surface area contributed by atoms with Gasteiger partial charge in [0.05, 0.1) is 50.4 Å². The van der Waals surface area contributed by atoms with Crippen LogP contribution in [0.5, 0.6) is 5.75 Å². The van der Waals surface area contributed by atoms with Crippen molar-refractivity contribution >= 4 is 29.2 Å². The van der Waals surface area contributed by atoms with Gasteiger partial charge in [-0.25, -0.2) is 14.2 Å². The fourth-order valence-corrected chi connectivity index (χ4v) is 4.97. The quantitative estimate of drug-likeness (QED) is 0.407. The second kappa shape index (κ2) is 10.3. The second-order valence-electron chi connectivity index (χ2n) is 9.07. The van der Waals surface area contributed by atoms with Crippen LogP contribution in [0.3, 0.4) is 0 Å². The van der Waals surface area contributed by atoms with Gasteiger partial charge in [0.2, 0.25) is 5.95 Å². The number of anilines is 4. The fraction of sp³-hybridized carbons (Fsp3) is 0.360. The van der Waals surface area contributed by atoms with Crippen molar-refractivity contribution in [2.75, 3.05) is 42.4 Å². The Bertz CT molecular complexity index is 1360. The molecule has 0 spiro atoms. The van der Waals surface area contributed by atoms with Gasteiger partial charge < -0.3 is 30.1 Å². The van der Waals surface area contributed by atoms with Crippen LogP contribution in [0.25, 0.3) is 0 Å². The second-order valence-corrected chi connectivity index (χ2v) is 9.07. The van der Waals surface area contributed by atoms with Gasteiger partial charge in [-0.3, -0.25) is 9.58 Å². The lowest BCUT2D eigenvalue weighted by atomic mass is 9.93. The summed E-state index contributed by atoms with van der Waals surface area (Å²) in [6.07, 6.45) is 3.93. The molecule has 2 aliphatic heterocycles. The lowest BCUT2D eigenvalue weighted by molar-refractivity contribution is 0.150. The largest absolute Gasteiger partial charge is 0.495 e. The molecule has 2 aliphatic rings. The molecule has 1 aromatic carbocycles. The van der Waals surface area contributed by atoms with Crippen molar-refractivity contribution in [1.29, 1.82) is 0 Å². The standard InChI is InChI=1S/C25H29FN8O4/c1-15(26)23(36)33-8-7-19(18-5-4-6-20(38-3)21(18)33)34-13-16-11-27-24(30-22(16)31(2)25(34)37)29-17-12-28-32(14-17)9-10-35/h4-6,11-12,14,19,23,35-36H,1,7-10,13H2,2-3H3,(H,27,29,30)/t19-,23?/m0/s1. The number of hydrogen-bond acceptors (Lipinski definition) is 9. The van der Waals surface area contributed by atoms with Gasteiger partial charge in [-0.05, 0) is 12.5 Å². The van der Waals surface area contributed by atoms with Crippen LogP contribution in [0.4, 0.5) is 32.3 Å². The minimum Gasteiger partial charge on any atom is -0.495 e. The molecule has 13 heteroatoms. The van der Waals surface area contributed by atoms with Crippen LogP contribution in [-0.2, 0) is 13.1 Å². The number of aliphatic hydroxyl groups excluding tert-OH is 2. The maximum absolute atomic E-state index is 13.9. The number of nitrogens with zero attached hydrogens (tertiary/aromatic N) is 7. The van der Waals surface area contributed by atoms with Crippen molar-refractivity contribution in [3.63, 3.8) is 0 Å². The number of carbonyl (C=O) groups is 1. The Morgan fingerprint density at radius 3 is 2.92 bits per heavy atom. The molecule has 0 radical (unpaired) electrons. The van der Waals surface area contributed by atoms with E-state index in [0.717, 1.165) is 11.1 Å². The molecule has 12 nitrogen and oxygen atoms in total. The van der Waals surface area contributed by atoms with Crippen LogP contribution in [0.1, 0.15) is 23.6 Å². The first-order valence-corrected chi connectivity index (χ1v) is 12.1. The van der Waals surface area contributed by atoms with E-state index >= 15 is 0 Å². The van der Waals surface area contributed by atoms with E-state index in [-0.39, 0.29) is 31.8 Å². The first-order valence-electron chi connectivity index (χ1n) is 12.1. The molecular formula is C25H29FN8O4. The number of benzene rings is 1. The van der Waals surface area contributed by atoms with E-state index < -0.39 is 12.1 Å². The lowest BCUT2D eigenvalue weighted by Crippen LogP contribution is -2.50. The molecule has 0 saturated carbocycles. The summed E-state index contributed by atoms with van der Waals surface area (Å²) in [5, 5.41) is 26.8. The van der Waals surface area contributed by atoms with Crippen molar-refractivity contribution in [3.8, 4) is 5.75 Å². The summed E-state index contributed by atoms with van der Waals surface area (Å²) in [6, 6.07) is 4.79. The van der Waals surface area contributed by atoms with Crippen molar-refractivity contribution < 1.29 is 24.1 Å². The lowest BCUT2D eigenvalue weighted by Gasteiger charge is -2.45. The highest BCUT2D eigenvalue weighted by Gasteiger charge is 2.40. The van der Waals surface area contributed by atoms with Gasteiger partial charge in [0.25, 0.3) is 0 Å². The molecule has 38 heavy (non-hydrogen) atoms. The van der Waals surface area contributed by atoms with Crippen LogP contribution in [0.2, 0.25) is 0 Å². The molecule has 0 aliphatic carbocycles. The van der Waals surface area contributed by atoms with Gasteiger partial charge in [-0.2, -0.15) is 10.1 Å². The Balaban J connectivity index is 1.43. The Morgan fingerprint density at radius 2 is 2.18 bits per heavy atom. The highest BCUT2D eigenvalue weighted by atomic mass is 19.1. The minimum atomic E-state index is -1.53. The summed E-state index contributed by atoms with van der Waals surface area (Å²) in [6.45, 7) is 4.15. The van der Waals surface area contributed by atoms with Crippen LogP contribution < -0.4 is 19.9 Å². The average molecular weight is 525 g/mol. The minimum absolute atomic E-state index is 0.0259. The summed E-state index contributed by atoms with van der Waals surface area (Å²) in [5.41, 5.74) is 2.68. The third-order valence-corrected chi connectivity index (χ3v) is 6.74. The van der Waals surface area contributed by atoms with Crippen molar-refractivity contribution in [2.45, 2.75) is 31.8 Å². The number of aromatic nitrogens is 4. The Morgan fingerprint density at radius 1 is 1.37 bits per heavy atom. The third kappa shape index (κ3) is 4.50. The number of halogens is 1. The molecule has 0 saturated heterocycles. The Kier molecular flexibility index (Phi) is 6.87. The van der Waals surface area contributed by atoms with E-state index in [1.54, 1.807) is 47.4 Å². The van der Waals surface area contributed by atoms with E-state index in [1.165, 1.54) is 16.9 Å². The normalized spacial score (nSPS) is 17.7. The molecular weight excluding hydrogens is 495 g/mol. The third-order valence-electron chi connectivity index (χ3n) is 6.74. The topological polar surface area (TPSA) is 132 Å². The van der Waals surface area contributed by atoms with Gasteiger partial charge >= 0.3 is 6.03 Å². The smallest absolute Gasteiger partial charge is 0.326 e. The summed E-state index contributed by atoms with van der Waals surface area (Å²) < 4.78 is 21.0. The Labute approximate surface area is 218 Å². The van der Waals surface area contributed by atoms with Crippen LogP contribution in [-0.4, -0.2) is 74.4 Å². The number of rotatable bonds is 8. The number of fused-ring (bicyclic) bond motifs is 2. The van der Waals surface area contributed by atoms with Gasteiger partial charge in [-0.15, -0.1) is 0 Å². The first-order chi connectivity index (χ1) is 18.3. The van der Waals surface area contributed by atoms with E-state index in [9.17, 15) is 14.3 Å². The number of ether oxygens (including phenoxy) is 1. The van der Waals surface area contributed by atoms with Crippen LogP contribution in [0, 0.1) is 0 Å². The molecule has 5 rings (SSSR count). The van der Waals surface area contributed by atoms with Crippen LogP contribution in [0.15, 0.2) is 49.2 Å². The number of methoxy groups -OCH3 is 1. The fourth-order valence-electron chi connectivity index (χ4n) is 4.97. The zero-order chi connectivity index (χ0) is 27.0. The first kappa shape index (κ1) is 25.4. The van der Waals surface area contributed by atoms with Gasteiger partial charge in [-0.1, -0.05) is 18.7 Å². The summed E-state index contributed by atoms with van der Waals surface area (Å²) in [5.74, 6) is 0.389. The predicted octanol–water partition coefficient (Wildman–Crippen LogP) is 2.54. The number of para-hydroxylation sites is 1. The predicted molar refractivity (Wildman–Crippen MR) is 138 cm³/mol. The molecule has 0 fully saturated rings. The molecule has 2 aromatic heterocycles. The molecule has 3 aromatic rings. The zero-order valence-electron chi connectivity index (χ0n) is 21.1. The number of hydrogen-bond donors (Lipinski definition) is 3. The molecule has 2 amide bonds. The van der Waals surface area contributed by atoms with E-state index in [1.807, 2.05) is 6.07 Å². The number of aliphatic hydroxyl groups is 2. The molecule has 4 heterocycles. The van der Waals surface area contributed by atoms with Crippen molar-refractivity contribution in [1.82, 2.24) is 24.6 Å². The van der Waals surface area contributed by atoms with E-state index in [2.05, 4.69) is 27.0 Å². The average Bonchev–Trinajstić information content (AvgIpc) is 3.36. The Hall–Kier alpha value is -4.23. The van der Waals surface area contributed by atoms with Gasteiger partial charge in [0, 0.05) is 37.1 Å². The van der Waals surface area contributed by atoms with E-state index in [0.29, 0.717) is 41.9 Å². The van der Waals surface area contributed by atoms with Crippen molar-refractivity contribution in [2.24, 2.45) is 0 Å². The zero-order valence-corrected chi connectivity index (χ0v) is 21.1. The highest BCUT2D eigenvalue weighted by molar-refractivity contribution is 5.94. The van der Waals surface area contributed by atoms with E-state index in [4.69, 9.17) is 9.84 Å². The highest BCUT2D eigenvalue weighted by Crippen LogP contribution is 2.46. The summed E-state index contributed by atoms with van der Waals surface area (Å²) in [4.78, 5) is 27.3. The van der Waals surface area contributed by atoms with Crippen LogP contribution >= 0.6 is 0 Å². The molecule has 2 atom stereocenters. The molecule has 0 bridgehead atoms. The maximum Gasteiger partial charge on any atom is 0.326 e. The number of amides is 2. The van der Waals surface area contributed by atoms with Gasteiger partial charge in [0.1, 0.15) is 17.4 Å². The number of urea groups is 1.